The van der Waals surface area contributed by atoms with E-state index >= 15 is 0 Å². The zero-order valence-corrected chi connectivity index (χ0v) is 14.8. The fourth-order valence-electron chi connectivity index (χ4n) is 3.06. The average molecular weight is 352 g/mol. The third-order valence-electron chi connectivity index (χ3n) is 4.44. The Hall–Kier alpha value is -2.82. The van der Waals surface area contributed by atoms with Crippen molar-refractivity contribution in [2.75, 3.05) is 19.7 Å². The van der Waals surface area contributed by atoms with Crippen LogP contribution in [0.3, 0.4) is 0 Å². The highest BCUT2D eigenvalue weighted by Gasteiger charge is 2.28. The zero-order chi connectivity index (χ0) is 18.2. The highest BCUT2D eigenvalue weighted by atomic mass is 16.5. The van der Waals surface area contributed by atoms with Gasteiger partial charge >= 0.3 is 0 Å². The lowest BCUT2D eigenvalue weighted by atomic mass is 10.1. The lowest BCUT2D eigenvalue weighted by Gasteiger charge is -2.24. The molecule has 1 aliphatic heterocycles. The molecule has 1 fully saturated rings. The minimum absolute atomic E-state index is 0.0361. The molecular formula is C21H24N2O3. The molecule has 1 N–H and O–H groups in total. The molecule has 2 aromatic rings. The van der Waals surface area contributed by atoms with Gasteiger partial charge in [0.1, 0.15) is 11.8 Å². The van der Waals surface area contributed by atoms with E-state index in [9.17, 15) is 9.59 Å². The predicted octanol–water partition coefficient (Wildman–Crippen LogP) is 2.94. The van der Waals surface area contributed by atoms with Crippen molar-refractivity contribution in [2.24, 2.45) is 0 Å². The Morgan fingerprint density at radius 3 is 2.23 bits per heavy atom. The van der Waals surface area contributed by atoms with Crippen LogP contribution < -0.4 is 10.1 Å². The summed E-state index contributed by atoms with van der Waals surface area (Å²) < 4.78 is 5.57. The van der Waals surface area contributed by atoms with Crippen molar-refractivity contribution >= 4 is 11.8 Å². The van der Waals surface area contributed by atoms with Crippen LogP contribution in [0.15, 0.2) is 60.7 Å². The van der Waals surface area contributed by atoms with Gasteiger partial charge in [-0.1, -0.05) is 48.5 Å². The number of carbonyl (C=O) groups is 2. The summed E-state index contributed by atoms with van der Waals surface area (Å²) in [5, 5.41) is 2.89. The van der Waals surface area contributed by atoms with Gasteiger partial charge < -0.3 is 15.0 Å². The van der Waals surface area contributed by atoms with E-state index in [0.717, 1.165) is 37.2 Å². The van der Waals surface area contributed by atoms with E-state index in [1.165, 1.54) is 0 Å². The van der Waals surface area contributed by atoms with Crippen LogP contribution in [0, 0.1) is 0 Å². The second kappa shape index (κ2) is 9.04. The number of amides is 2. The first-order valence-electron chi connectivity index (χ1n) is 9.05. The van der Waals surface area contributed by atoms with Crippen LogP contribution in [-0.2, 0) is 9.59 Å². The summed E-state index contributed by atoms with van der Waals surface area (Å²) >= 11 is 0. The van der Waals surface area contributed by atoms with Gasteiger partial charge in [-0.05, 0) is 30.5 Å². The number of para-hydroxylation sites is 1. The number of carbonyl (C=O) groups excluding carboxylic acids is 2. The molecule has 1 atom stereocenters. The van der Waals surface area contributed by atoms with Crippen molar-refractivity contribution in [1.29, 1.82) is 0 Å². The Kier molecular flexibility index (Phi) is 6.25. The lowest BCUT2D eigenvalue weighted by molar-refractivity contribution is -0.136. The van der Waals surface area contributed by atoms with E-state index in [0.29, 0.717) is 0 Å². The normalized spacial score (nSPS) is 14.7. The van der Waals surface area contributed by atoms with Crippen molar-refractivity contribution in [3.05, 3.63) is 66.2 Å². The molecule has 0 spiro atoms. The lowest BCUT2D eigenvalue weighted by Crippen LogP contribution is -2.42. The third-order valence-corrected chi connectivity index (χ3v) is 4.44. The average Bonchev–Trinajstić information content (AvgIpc) is 3.22. The highest BCUT2D eigenvalue weighted by molar-refractivity contribution is 5.88. The van der Waals surface area contributed by atoms with Gasteiger partial charge in [-0.3, -0.25) is 9.59 Å². The Morgan fingerprint density at radius 1 is 0.962 bits per heavy atom. The molecule has 0 saturated carbocycles. The van der Waals surface area contributed by atoms with E-state index < -0.39 is 6.04 Å². The molecule has 0 unspecified atom stereocenters. The zero-order valence-electron chi connectivity index (χ0n) is 14.8. The smallest absolute Gasteiger partial charge is 0.249 e. The molecule has 1 heterocycles. The molecule has 2 amide bonds. The van der Waals surface area contributed by atoms with Crippen LogP contribution >= 0.6 is 0 Å². The summed E-state index contributed by atoms with van der Waals surface area (Å²) in [5.41, 5.74) is 0.807. The van der Waals surface area contributed by atoms with Crippen molar-refractivity contribution in [3.8, 4) is 5.75 Å². The van der Waals surface area contributed by atoms with Crippen molar-refractivity contribution in [3.63, 3.8) is 0 Å². The quantitative estimate of drug-likeness (QED) is 0.833. The molecule has 1 aliphatic rings. The Balaban J connectivity index is 1.59. The van der Waals surface area contributed by atoms with Crippen LogP contribution in [0.5, 0.6) is 5.75 Å². The van der Waals surface area contributed by atoms with Gasteiger partial charge in [0.25, 0.3) is 0 Å². The molecule has 5 nitrogen and oxygen atoms in total. The second-order valence-corrected chi connectivity index (χ2v) is 6.36. The topological polar surface area (TPSA) is 58.6 Å². The summed E-state index contributed by atoms with van der Waals surface area (Å²) in [6.07, 6.45) is 2.24. The van der Waals surface area contributed by atoms with E-state index in [1.54, 1.807) is 0 Å². The Morgan fingerprint density at radius 2 is 1.58 bits per heavy atom. The first-order valence-corrected chi connectivity index (χ1v) is 9.05. The standard InChI is InChI=1S/C21H24N2O3/c24-19(13-16-26-18-11-5-2-6-12-18)22-20(17-9-3-1-4-10-17)21(25)23-14-7-8-15-23/h1-6,9-12,20H,7-8,13-16H2,(H,22,24)/t20-/m0/s1. The molecule has 0 aromatic heterocycles. The van der Waals surface area contributed by atoms with E-state index in [1.807, 2.05) is 65.6 Å². The van der Waals surface area contributed by atoms with E-state index in [4.69, 9.17) is 4.74 Å². The van der Waals surface area contributed by atoms with Crippen molar-refractivity contribution in [2.45, 2.75) is 25.3 Å². The number of nitrogens with zero attached hydrogens (tertiary/aromatic N) is 1. The SMILES string of the molecule is O=C(CCOc1ccccc1)N[C@H](C(=O)N1CCCC1)c1ccccc1. The third kappa shape index (κ3) is 4.85. The molecule has 1 saturated heterocycles. The number of likely N-dealkylation sites (tertiary alicyclic amines) is 1. The number of hydrogen-bond donors (Lipinski definition) is 1. The molecule has 2 aromatic carbocycles. The predicted molar refractivity (Wildman–Crippen MR) is 99.7 cm³/mol. The number of benzene rings is 2. The molecule has 26 heavy (non-hydrogen) atoms. The molecule has 0 bridgehead atoms. The minimum Gasteiger partial charge on any atom is -0.493 e. The van der Waals surface area contributed by atoms with Crippen molar-refractivity contribution in [1.82, 2.24) is 10.2 Å². The first-order chi connectivity index (χ1) is 12.7. The van der Waals surface area contributed by atoms with Crippen LogP contribution in [0.1, 0.15) is 30.9 Å². The second-order valence-electron chi connectivity index (χ2n) is 6.36. The van der Waals surface area contributed by atoms with Crippen LogP contribution in [0.25, 0.3) is 0 Å². The van der Waals surface area contributed by atoms with Crippen LogP contribution in [0.2, 0.25) is 0 Å². The highest BCUT2D eigenvalue weighted by Crippen LogP contribution is 2.19. The molecule has 0 radical (unpaired) electrons. The molecule has 136 valence electrons. The molecule has 0 aliphatic carbocycles. The monoisotopic (exact) mass is 352 g/mol. The maximum Gasteiger partial charge on any atom is 0.249 e. The van der Waals surface area contributed by atoms with Gasteiger partial charge in [0.05, 0.1) is 13.0 Å². The molecular weight excluding hydrogens is 328 g/mol. The van der Waals surface area contributed by atoms with Gasteiger partial charge in [0.15, 0.2) is 0 Å². The fourth-order valence-corrected chi connectivity index (χ4v) is 3.06. The van der Waals surface area contributed by atoms with Gasteiger partial charge in [0.2, 0.25) is 11.8 Å². The van der Waals surface area contributed by atoms with Gasteiger partial charge in [-0.15, -0.1) is 0 Å². The number of rotatable bonds is 7. The Labute approximate surface area is 154 Å². The summed E-state index contributed by atoms with van der Waals surface area (Å²) in [7, 11) is 0. The van der Waals surface area contributed by atoms with Crippen LogP contribution in [0.4, 0.5) is 0 Å². The summed E-state index contributed by atoms with van der Waals surface area (Å²) in [4.78, 5) is 27.1. The number of nitrogens with one attached hydrogen (secondary N) is 1. The minimum atomic E-state index is -0.640. The molecule has 5 heteroatoms. The summed E-state index contributed by atoms with van der Waals surface area (Å²) in [6, 6.07) is 18.1. The largest absolute Gasteiger partial charge is 0.493 e. The summed E-state index contributed by atoms with van der Waals surface area (Å²) in [5.74, 6) is 0.501. The Bertz CT molecular complexity index is 713. The first kappa shape index (κ1) is 18.0. The number of hydrogen-bond acceptors (Lipinski definition) is 3. The number of ether oxygens (including phenoxy) is 1. The molecule has 3 rings (SSSR count). The van der Waals surface area contributed by atoms with E-state index in [-0.39, 0.29) is 24.8 Å². The maximum atomic E-state index is 12.9. The van der Waals surface area contributed by atoms with Gasteiger partial charge in [-0.2, -0.15) is 0 Å². The van der Waals surface area contributed by atoms with Gasteiger partial charge in [-0.25, -0.2) is 0 Å². The fraction of sp³-hybridized carbons (Fsp3) is 0.333. The van der Waals surface area contributed by atoms with Crippen LogP contribution in [-0.4, -0.2) is 36.4 Å². The summed E-state index contributed by atoms with van der Waals surface area (Å²) in [6.45, 7) is 1.79. The van der Waals surface area contributed by atoms with Gasteiger partial charge in [0, 0.05) is 13.1 Å². The maximum absolute atomic E-state index is 12.9. The van der Waals surface area contributed by atoms with Crippen molar-refractivity contribution < 1.29 is 14.3 Å². The van der Waals surface area contributed by atoms with E-state index in [2.05, 4.69) is 5.32 Å².